The first kappa shape index (κ1) is 10.2. The molecule has 1 aromatic carbocycles. The largest absolute Gasteiger partial charge is 0.323 e. The van der Waals surface area contributed by atoms with Gasteiger partial charge in [0.2, 0.25) is 0 Å². The number of nitrogens with zero attached hydrogens (tertiary/aromatic N) is 2. The lowest BCUT2D eigenvalue weighted by Gasteiger charge is -2.09. The molecule has 1 rings (SSSR count). The standard InChI is InChI=1S/C10H8FN3/c11-10-7(6-13)2-1-3-8(10)9(14)4-5-12/h1-3,9H,4,14H2/t9-/m1/s1. The first-order chi connectivity index (χ1) is 6.70. The lowest BCUT2D eigenvalue weighted by molar-refractivity contribution is 0.581. The van der Waals surface area contributed by atoms with E-state index < -0.39 is 11.9 Å². The lowest BCUT2D eigenvalue weighted by Crippen LogP contribution is -2.11. The molecule has 3 nitrogen and oxygen atoms in total. The molecule has 0 unspecified atom stereocenters. The van der Waals surface area contributed by atoms with Crippen LogP contribution in [0.4, 0.5) is 4.39 Å². The number of rotatable bonds is 2. The van der Waals surface area contributed by atoms with Crippen LogP contribution in [0.5, 0.6) is 0 Å². The van der Waals surface area contributed by atoms with Crippen LogP contribution >= 0.6 is 0 Å². The number of hydrogen-bond donors (Lipinski definition) is 1. The Morgan fingerprint density at radius 2 is 2.14 bits per heavy atom. The van der Waals surface area contributed by atoms with Crippen LogP contribution in [0.15, 0.2) is 18.2 Å². The molecule has 0 aliphatic carbocycles. The molecule has 0 radical (unpaired) electrons. The van der Waals surface area contributed by atoms with E-state index in [0.717, 1.165) is 0 Å². The lowest BCUT2D eigenvalue weighted by atomic mass is 10.0. The maximum Gasteiger partial charge on any atom is 0.145 e. The Morgan fingerprint density at radius 1 is 1.43 bits per heavy atom. The molecule has 1 atom stereocenters. The van der Waals surface area contributed by atoms with Crippen LogP contribution in [0.2, 0.25) is 0 Å². The van der Waals surface area contributed by atoms with E-state index in [1.54, 1.807) is 12.1 Å². The zero-order valence-electron chi connectivity index (χ0n) is 7.37. The van der Waals surface area contributed by atoms with Gasteiger partial charge < -0.3 is 5.73 Å². The fourth-order valence-corrected chi connectivity index (χ4v) is 1.13. The van der Waals surface area contributed by atoms with Crippen molar-refractivity contribution >= 4 is 0 Å². The van der Waals surface area contributed by atoms with Crippen molar-refractivity contribution in [1.29, 1.82) is 10.5 Å². The molecule has 0 bridgehead atoms. The minimum atomic E-state index is -0.673. The summed E-state index contributed by atoms with van der Waals surface area (Å²) >= 11 is 0. The van der Waals surface area contributed by atoms with E-state index in [1.807, 2.05) is 6.07 Å². The quantitative estimate of drug-likeness (QED) is 0.768. The maximum atomic E-state index is 13.4. The summed E-state index contributed by atoms with van der Waals surface area (Å²) in [5, 5.41) is 17.0. The van der Waals surface area contributed by atoms with Gasteiger partial charge in [-0.2, -0.15) is 10.5 Å². The smallest absolute Gasteiger partial charge is 0.145 e. The minimum absolute atomic E-state index is 0.0335. The van der Waals surface area contributed by atoms with Gasteiger partial charge >= 0.3 is 0 Å². The Kier molecular flexibility index (Phi) is 3.17. The molecule has 0 aliphatic rings. The Balaban J connectivity index is 3.12. The zero-order valence-corrected chi connectivity index (χ0v) is 7.37. The van der Waals surface area contributed by atoms with Crippen molar-refractivity contribution < 1.29 is 4.39 Å². The Hall–Kier alpha value is -1.91. The highest BCUT2D eigenvalue weighted by Crippen LogP contribution is 2.19. The van der Waals surface area contributed by atoms with Gasteiger partial charge in [-0.25, -0.2) is 4.39 Å². The second-order valence-corrected chi connectivity index (χ2v) is 2.79. The summed E-state index contributed by atoms with van der Waals surface area (Å²) in [5.41, 5.74) is 5.73. The second kappa shape index (κ2) is 4.36. The normalized spacial score (nSPS) is 11.4. The van der Waals surface area contributed by atoms with Gasteiger partial charge in [-0.15, -0.1) is 0 Å². The molecule has 0 aliphatic heterocycles. The summed E-state index contributed by atoms with van der Waals surface area (Å²) < 4.78 is 13.4. The van der Waals surface area contributed by atoms with Gasteiger partial charge in [-0.3, -0.25) is 0 Å². The highest BCUT2D eigenvalue weighted by molar-refractivity contribution is 5.36. The molecule has 0 saturated heterocycles. The number of nitriles is 2. The molecule has 14 heavy (non-hydrogen) atoms. The number of halogens is 1. The van der Waals surface area contributed by atoms with E-state index >= 15 is 0 Å². The van der Waals surface area contributed by atoms with Crippen molar-refractivity contribution in [2.45, 2.75) is 12.5 Å². The zero-order chi connectivity index (χ0) is 10.6. The Morgan fingerprint density at radius 3 is 2.71 bits per heavy atom. The monoisotopic (exact) mass is 189 g/mol. The van der Waals surface area contributed by atoms with Crippen molar-refractivity contribution in [3.8, 4) is 12.1 Å². The van der Waals surface area contributed by atoms with Crippen molar-refractivity contribution in [3.63, 3.8) is 0 Å². The minimum Gasteiger partial charge on any atom is -0.323 e. The Bertz CT molecular complexity index is 414. The first-order valence-corrected chi connectivity index (χ1v) is 4.01. The van der Waals surface area contributed by atoms with Crippen LogP contribution in [0.1, 0.15) is 23.6 Å². The van der Waals surface area contributed by atoms with Crippen LogP contribution in [0, 0.1) is 28.5 Å². The highest BCUT2D eigenvalue weighted by Gasteiger charge is 2.13. The Labute approximate surface area is 81.2 Å². The molecule has 0 saturated carbocycles. The van der Waals surface area contributed by atoms with Crippen molar-refractivity contribution in [2.24, 2.45) is 5.73 Å². The molecule has 0 spiro atoms. The maximum absolute atomic E-state index is 13.4. The van der Waals surface area contributed by atoms with Gasteiger partial charge in [0, 0.05) is 11.6 Å². The van der Waals surface area contributed by atoms with Gasteiger partial charge in [-0.05, 0) is 6.07 Å². The molecule has 4 heteroatoms. The summed E-state index contributed by atoms with van der Waals surface area (Å²) in [7, 11) is 0. The molecule has 2 N–H and O–H groups in total. The fourth-order valence-electron chi connectivity index (χ4n) is 1.13. The van der Waals surface area contributed by atoms with E-state index in [2.05, 4.69) is 0 Å². The summed E-state index contributed by atoms with van der Waals surface area (Å²) in [6.07, 6.45) is 0.0335. The molecular formula is C10H8FN3. The van der Waals surface area contributed by atoms with Crippen LogP contribution in [0.3, 0.4) is 0 Å². The van der Waals surface area contributed by atoms with E-state index in [4.69, 9.17) is 16.3 Å². The van der Waals surface area contributed by atoms with Crippen molar-refractivity contribution in [2.75, 3.05) is 0 Å². The molecule has 0 fully saturated rings. The average Bonchev–Trinajstić information content (AvgIpc) is 2.18. The summed E-state index contributed by atoms with van der Waals surface area (Å²) in [4.78, 5) is 0. The van der Waals surface area contributed by atoms with E-state index in [-0.39, 0.29) is 17.5 Å². The first-order valence-electron chi connectivity index (χ1n) is 4.01. The van der Waals surface area contributed by atoms with Gasteiger partial charge in [0.05, 0.1) is 18.1 Å². The fraction of sp³-hybridized carbons (Fsp3) is 0.200. The third-order valence-electron chi connectivity index (χ3n) is 1.86. The molecule has 0 heterocycles. The summed E-state index contributed by atoms with van der Waals surface area (Å²) in [6.45, 7) is 0. The SMILES string of the molecule is N#CC[C@@H](N)c1cccc(C#N)c1F. The molecule has 0 aromatic heterocycles. The van der Waals surface area contributed by atoms with Crippen LogP contribution < -0.4 is 5.73 Å². The van der Waals surface area contributed by atoms with Crippen molar-refractivity contribution in [3.05, 3.63) is 35.1 Å². The topological polar surface area (TPSA) is 73.6 Å². The molecule has 70 valence electrons. The predicted molar refractivity (Wildman–Crippen MR) is 48.3 cm³/mol. The second-order valence-electron chi connectivity index (χ2n) is 2.79. The van der Waals surface area contributed by atoms with E-state index in [1.165, 1.54) is 12.1 Å². The van der Waals surface area contributed by atoms with Crippen LogP contribution in [-0.4, -0.2) is 0 Å². The van der Waals surface area contributed by atoms with Gasteiger partial charge in [0.1, 0.15) is 11.9 Å². The van der Waals surface area contributed by atoms with Gasteiger partial charge in [0.15, 0.2) is 0 Å². The molecule has 1 aromatic rings. The number of nitrogens with two attached hydrogens (primary N) is 1. The highest BCUT2D eigenvalue weighted by atomic mass is 19.1. The average molecular weight is 189 g/mol. The third-order valence-corrected chi connectivity index (χ3v) is 1.86. The van der Waals surface area contributed by atoms with Gasteiger partial charge in [-0.1, -0.05) is 12.1 Å². The van der Waals surface area contributed by atoms with E-state index in [9.17, 15) is 4.39 Å². The predicted octanol–water partition coefficient (Wildman–Crippen LogP) is 1.61. The van der Waals surface area contributed by atoms with Gasteiger partial charge in [0.25, 0.3) is 0 Å². The molecular weight excluding hydrogens is 181 g/mol. The summed E-state index contributed by atoms with van der Waals surface area (Å²) in [5.74, 6) is -0.627. The van der Waals surface area contributed by atoms with Crippen molar-refractivity contribution in [1.82, 2.24) is 0 Å². The number of hydrogen-bond acceptors (Lipinski definition) is 3. The van der Waals surface area contributed by atoms with Crippen LogP contribution in [0.25, 0.3) is 0 Å². The number of benzene rings is 1. The summed E-state index contributed by atoms with van der Waals surface area (Å²) in [6, 6.07) is 7.31. The third kappa shape index (κ3) is 1.87. The van der Waals surface area contributed by atoms with E-state index in [0.29, 0.717) is 0 Å². The molecule has 0 amide bonds. The van der Waals surface area contributed by atoms with Crippen LogP contribution in [-0.2, 0) is 0 Å².